The summed E-state index contributed by atoms with van der Waals surface area (Å²) >= 11 is 0. The minimum atomic E-state index is -0.900. The fourth-order valence-electron chi connectivity index (χ4n) is 17.9. The summed E-state index contributed by atoms with van der Waals surface area (Å²) in [7, 11) is 0. The number of nitrogens with one attached hydrogen (secondary N) is 9. The number of hydrazone groups is 2. The van der Waals surface area contributed by atoms with Crippen molar-refractivity contribution in [2.45, 2.75) is 320 Å². The lowest BCUT2D eigenvalue weighted by atomic mass is 9.72. The van der Waals surface area contributed by atoms with Crippen LogP contribution in [0.15, 0.2) is 22.9 Å². The van der Waals surface area contributed by atoms with Crippen molar-refractivity contribution >= 4 is 114 Å². The van der Waals surface area contributed by atoms with Gasteiger partial charge in [-0.05, 0) is 184 Å². The molecule has 0 saturated carbocycles. The summed E-state index contributed by atoms with van der Waals surface area (Å²) in [5.74, 6) is 19.6. The van der Waals surface area contributed by atoms with Gasteiger partial charge in [-0.3, -0.25) is 110 Å². The first-order chi connectivity index (χ1) is 66.2. The van der Waals surface area contributed by atoms with Gasteiger partial charge in [0.1, 0.15) is 12.6 Å². The quantitative estimate of drug-likeness (QED) is 0.0100. The van der Waals surface area contributed by atoms with Gasteiger partial charge in [-0.2, -0.15) is 10.2 Å². The molecule has 0 radical (unpaired) electrons. The van der Waals surface area contributed by atoms with E-state index < -0.39 is 176 Å². The summed E-state index contributed by atoms with van der Waals surface area (Å²) in [6.07, 6.45) is 9.55. The topological polar surface area (TPSA) is 798 Å². The molecular formula is C99H186N24O21. The smallest absolute Gasteiger partial charge is 0.257 e. The molecule has 0 aromatic carbocycles. The van der Waals surface area contributed by atoms with Crippen molar-refractivity contribution in [3.05, 3.63) is 12.7 Å². The van der Waals surface area contributed by atoms with Crippen LogP contribution in [0.3, 0.4) is 0 Å². The lowest BCUT2D eigenvalue weighted by Crippen LogP contribution is -2.46. The molecular weight excluding hydrogens is 1860 g/mol. The average Bonchev–Trinajstić information content (AvgIpc) is 1.55. The maximum Gasteiger partial charge on any atom is 0.257 e. The molecule has 2 saturated heterocycles. The van der Waals surface area contributed by atoms with Gasteiger partial charge >= 0.3 is 0 Å². The lowest BCUT2D eigenvalue weighted by molar-refractivity contribution is -0.138. The Hall–Kier alpha value is -9.97. The Bertz CT molecular complexity index is 4110. The van der Waals surface area contributed by atoms with Crippen LogP contribution in [0, 0.1) is 150 Å². The van der Waals surface area contributed by atoms with E-state index in [1.54, 1.807) is 0 Å². The van der Waals surface area contributed by atoms with E-state index in [-0.39, 0.29) is 165 Å². The van der Waals surface area contributed by atoms with E-state index >= 15 is 0 Å². The first kappa shape index (κ1) is 136. The number of nitrogens with two attached hydrogens (primary N) is 13. The summed E-state index contributed by atoms with van der Waals surface area (Å²) in [6.45, 7) is 52.1. The highest BCUT2D eigenvalue weighted by molar-refractivity contribution is 5.87. The van der Waals surface area contributed by atoms with Crippen LogP contribution in [-0.4, -0.2) is 153 Å². The largest absolute Gasteiger partial charge is 0.369 e. The number of rotatable bonds is 58. The lowest BCUT2D eigenvalue weighted by Gasteiger charge is -2.37. The summed E-state index contributed by atoms with van der Waals surface area (Å²) in [4.78, 5) is 211. The third-order valence-corrected chi connectivity index (χ3v) is 26.2. The zero-order chi connectivity index (χ0) is 112. The molecule has 15 amide bonds. The number of hydrogen-bond donors (Lipinski definition) is 22. The third-order valence-electron chi connectivity index (χ3n) is 26.2. The van der Waals surface area contributed by atoms with Crippen molar-refractivity contribution in [2.75, 3.05) is 26.4 Å². The van der Waals surface area contributed by atoms with Gasteiger partial charge in [0.05, 0.1) is 26.4 Å². The minimum Gasteiger partial charge on any atom is -0.369 e. The van der Waals surface area contributed by atoms with Crippen LogP contribution >= 0.6 is 0 Å². The molecule has 45 heteroatoms. The molecule has 2 aliphatic heterocycles. The van der Waals surface area contributed by atoms with E-state index in [1.165, 1.54) is 12.4 Å². The van der Waals surface area contributed by atoms with Crippen LogP contribution in [0.1, 0.15) is 307 Å². The number of amides is 15. The van der Waals surface area contributed by atoms with Crippen molar-refractivity contribution < 1.29 is 100 Å². The fraction of sp³-hybridized carbons (Fsp3) is 0.788. The Morgan fingerprint density at radius 1 is 0.319 bits per heavy atom. The van der Waals surface area contributed by atoms with Gasteiger partial charge < -0.3 is 62.9 Å². The number of hydrazine groups is 7. The van der Waals surface area contributed by atoms with Crippen LogP contribution in [-0.2, 0) is 100 Å². The molecule has 18 unspecified atom stereocenters. The molecule has 0 aromatic rings. The number of carbonyl (C=O) groups is 17. The second-order valence-electron chi connectivity index (χ2n) is 47.4. The Morgan fingerprint density at radius 3 is 0.910 bits per heavy atom. The molecule has 45 nitrogen and oxygen atoms in total. The number of nitrogens with zero attached hydrogens (tertiary/aromatic N) is 2. The van der Waals surface area contributed by atoms with E-state index in [0.717, 1.165) is 18.6 Å². The van der Waals surface area contributed by atoms with Crippen molar-refractivity contribution in [2.24, 2.45) is 235 Å². The van der Waals surface area contributed by atoms with Crippen molar-refractivity contribution in [3.8, 4) is 0 Å². The molecule has 2 rings (SSSR count). The number of hydrogen-bond acceptors (Lipinski definition) is 30. The maximum absolute atomic E-state index is 13.2. The molecule has 828 valence electrons. The van der Waals surface area contributed by atoms with Gasteiger partial charge in [0.15, 0.2) is 12.6 Å². The summed E-state index contributed by atoms with van der Waals surface area (Å²) in [5.41, 5.74) is 51.5. The van der Waals surface area contributed by atoms with Gasteiger partial charge in [0.2, 0.25) is 82.7 Å². The first-order valence-electron chi connectivity index (χ1n) is 49.6. The van der Waals surface area contributed by atoms with Gasteiger partial charge in [-0.25, -0.2) is 51.8 Å². The molecule has 2 fully saturated rings. The molecule has 0 bridgehead atoms. The highest BCUT2D eigenvalue weighted by Gasteiger charge is 2.45. The van der Waals surface area contributed by atoms with E-state index in [1.807, 2.05) is 130 Å². The van der Waals surface area contributed by atoms with Crippen molar-refractivity contribution in [1.29, 1.82) is 0 Å². The molecule has 0 spiro atoms. The van der Waals surface area contributed by atoms with Gasteiger partial charge in [0, 0.05) is 126 Å². The number of primary amides is 6. The maximum atomic E-state index is 13.2. The highest BCUT2D eigenvalue weighted by Crippen LogP contribution is 2.44. The Labute approximate surface area is 853 Å². The number of ether oxygens (including phenoxy) is 4. The molecule has 0 aromatic heterocycles. The second-order valence-corrected chi connectivity index (χ2v) is 47.4. The van der Waals surface area contributed by atoms with Gasteiger partial charge in [-0.15, -0.1) is 0 Å². The van der Waals surface area contributed by atoms with Crippen LogP contribution < -0.4 is 124 Å². The van der Waals surface area contributed by atoms with Crippen molar-refractivity contribution in [3.63, 3.8) is 0 Å². The van der Waals surface area contributed by atoms with Gasteiger partial charge in [-0.1, -0.05) is 173 Å². The SMILES string of the molecule is C=CC(=O)NN.CC(C)(C)CC(CC(/C=N/NC(=O)CCCC(CC(CC(C(=O)NN)C(C)(C)C)C(=O)NN)C(=O)NN)CC(CC(/C=N/NC(=O)CCCC(CC(CC(C(=O)NN)C(C)(C)C)C(=O)NN)C(=O)NN)C(C)(C)C)C(N)=O)C(N)=O.CC(C)(C)CC(CC(C=O)CC(CC(C=O)C(C)(C)C)C(N)=O)C(N)=O.CC(C)(C)CC(CC(CC(CC(C1OCCO1)C(C)(C)C)C(N)=O)C1OCCO1)C(N)=O. The second kappa shape index (κ2) is 64.9. The number of aldehydes is 2. The predicted octanol–water partition coefficient (Wildman–Crippen LogP) is 4.36. The minimum absolute atomic E-state index is 0.00456. The summed E-state index contributed by atoms with van der Waals surface area (Å²) in [6, 6.07) is 0. The van der Waals surface area contributed by atoms with Crippen LogP contribution in [0.5, 0.6) is 0 Å². The number of carbonyl (C=O) groups excluding carboxylic acids is 17. The molecule has 0 aliphatic carbocycles. The normalized spacial score (nSPS) is 17.3. The molecule has 2 aliphatic rings. The standard InChI is InChI=1S/C52H100N18O10.C24H44N2O6.C20H36N2O4.C3H6N2O/c1-49(2,3)26-35(42(54)74)20-29(27-61-69-39(71)17-13-15-30(43(75)63-55)21-33(45(77)65-57)24-37(47(79)67-59)51(7,8)9)19-32(41(53)73)23-36(50(4,5)6)28-62-70-40(72)18-14-16-31(44(76)64-56)22-34(46(78)66-58)25-38(48(80)68-60)52(10,11)12;1-23(2,3)14-17(20(26)28)12-16(21-29-7-8-30-21)11-15(19(25)27)13-18(24(4,5)6)22-31-9-10-32-22;1-19(2,3)10-15(18(22)26)8-13(11-23)7-14(17(21)25)9-16(12-24)20(4,5)6;1-2-3(6)5-4/h27-38H,13-26,55-60H2,1-12H3,(H2,53,73)(H2,54,74)(H,63,75)(H,64,76)(H,65,77)(H,66,78)(H,67,79)(H,68,80)(H,69,71)(H,70,72);15-18,21-22H,7-14H2,1-6H3,(H2,25,27)(H2,26,28);11-16H,7-10H2,1-6H3,(H2,21,25)(H2,22,26);2H,1,4H2,(H,5,6)/b61-27+,62-28+;;;. The third kappa shape index (κ3) is 56.1. The first-order valence-corrected chi connectivity index (χ1v) is 49.6. The molecule has 2 heterocycles. The average molecular weight is 2050 g/mol. The molecule has 144 heavy (non-hydrogen) atoms. The molecule has 35 N–H and O–H groups in total. The molecule has 18 atom stereocenters. The van der Waals surface area contributed by atoms with E-state index in [9.17, 15) is 81.5 Å². The monoisotopic (exact) mass is 2050 g/mol. The van der Waals surface area contributed by atoms with Crippen LogP contribution in [0.2, 0.25) is 0 Å². The van der Waals surface area contributed by atoms with Crippen LogP contribution in [0.25, 0.3) is 0 Å². The Morgan fingerprint density at radius 2 is 0.618 bits per heavy atom. The van der Waals surface area contributed by atoms with E-state index in [2.05, 4.69) is 108 Å². The Balaban J connectivity index is 0. The zero-order valence-corrected chi connectivity index (χ0v) is 90.5. The predicted molar refractivity (Wildman–Crippen MR) is 548 cm³/mol. The Kier molecular flexibility index (Phi) is 61.3. The van der Waals surface area contributed by atoms with Crippen molar-refractivity contribution in [1.82, 2.24) is 48.8 Å². The summed E-state index contributed by atoms with van der Waals surface area (Å²) < 4.78 is 23.2. The van der Waals surface area contributed by atoms with Gasteiger partial charge in [0.25, 0.3) is 5.91 Å². The van der Waals surface area contributed by atoms with E-state index in [4.69, 9.17) is 88.4 Å². The summed E-state index contributed by atoms with van der Waals surface area (Å²) in [5, 5.41) is 8.45. The zero-order valence-electron chi connectivity index (χ0n) is 90.5. The van der Waals surface area contributed by atoms with Crippen LogP contribution in [0.4, 0.5) is 0 Å². The highest BCUT2D eigenvalue weighted by atomic mass is 16.7. The van der Waals surface area contributed by atoms with E-state index in [0.29, 0.717) is 77.8 Å². The fourth-order valence-corrected chi connectivity index (χ4v) is 17.9.